The van der Waals surface area contributed by atoms with Crippen LogP contribution in [0.15, 0.2) is 12.3 Å². The normalized spacial score (nSPS) is 10.6. The van der Waals surface area contributed by atoms with Gasteiger partial charge in [-0.1, -0.05) is 45.1 Å². The van der Waals surface area contributed by atoms with Gasteiger partial charge in [-0.15, -0.1) is 0 Å². The van der Waals surface area contributed by atoms with Gasteiger partial charge in [-0.05, 0) is 12.8 Å². The molecular weight excluding hydrogens is 202 g/mol. The fourth-order valence-corrected chi connectivity index (χ4v) is 1.35. The summed E-state index contributed by atoms with van der Waals surface area (Å²) >= 11 is 0. The van der Waals surface area contributed by atoms with Crippen LogP contribution in [0.2, 0.25) is 0 Å². The van der Waals surface area contributed by atoms with Gasteiger partial charge in [0.15, 0.2) is 0 Å². The molecule has 0 fully saturated rings. The molecule has 0 spiro atoms. The lowest BCUT2D eigenvalue weighted by molar-refractivity contribution is 0.207. The number of hydrogen-bond donors (Lipinski definition) is 2. The highest BCUT2D eigenvalue weighted by Crippen LogP contribution is 2.06. The number of nitrogens with zero attached hydrogens (tertiary/aromatic N) is 1. The van der Waals surface area contributed by atoms with E-state index >= 15 is 0 Å². The number of hydrazine groups is 1. The number of nitrogens with two attached hydrogens (primary N) is 1. The van der Waals surface area contributed by atoms with Crippen LogP contribution in [0.4, 0.5) is 4.79 Å². The Bertz CT molecular complexity index is 204. The maximum atomic E-state index is 10.6. The third-order valence-corrected chi connectivity index (χ3v) is 2.44. The lowest BCUT2D eigenvalue weighted by Gasteiger charge is -2.12. The van der Waals surface area contributed by atoms with Crippen molar-refractivity contribution in [2.24, 2.45) is 5.73 Å². The highest BCUT2D eigenvalue weighted by atomic mass is 16.2. The van der Waals surface area contributed by atoms with E-state index in [1.54, 1.807) is 13.2 Å². The van der Waals surface area contributed by atoms with Crippen LogP contribution in [0.25, 0.3) is 0 Å². The van der Waals surface area contributed by atoms with Crippen molar-refractivity contribution in [1.82, 2.24) is 10.4 Å². The van der Waals surface area contributed by atoms with Crippen molar-refractivity contribution >= 4 is 6.03 Å². The number of primary amides is 1. The molecule has 0 aromatic rings. The number of carbonyl (C=O) groups excluding carboxylic acids is 1. The number of rotatable bonds is 9. The minimum Gasteiger partial charge on any atom is -0.350 e. The standard InChI is InChI=1S/C12H25N3O/c1-3-4-5-6-7-8-9-10-11-14-15(2)12(13)16/h10-11,14H,3-9H2,1-2H3,(H2,13,16)/b11-10+. The zero-order valence-electron chi connectivity index (χ0n) is 10.5. The Morgan fingerprint density at radius 2 is 1.88 bits per heavy atom. The van der Waals surface area contributed by atoms with Crippen molar-refractivity contribution in [3.63, 3.8) is 0 Å². The van der Waals surface area contributed by atoms with Gasteiger partial charge < -0.3 is 11.2 Å². The third kappa shape index (κ3) is 9.37. The number of hydrogen-bond acceptors (Lipinski definition) is 2. The molecule has 0 aliphatic rings. The molecule has 0 radical (unpaired) electrons. The molecule has 4 nitrogen and oxygen atoms in total. The first-order valence-electron chi connectivity index (χ1n) is 6.12. The molecule has 0 saturated carbocycles. The first-order valence-corrected chi connectivity index (χ1v) is 6.12. The molecule has 2 amide bonds. The largest absolute Gasteiger partial charge is 0.350 e. The maximum Gasteiger partial charge on any atom is 0.333 e. The topological polar surface area (TPSA) is 58.4 Å². The van der Waals surface area contributed by atoms with E-state index in [9.17, 15) is 4.79 Å². The minimum absolute atomic E-state index is 0.482. The summed E-state index contributed by atoms with van der Waals surface area (Å²) in [6, 6.07) is -0.482. The predicted octanol–water partition coefficient (Wildman–Crippen LogP) is 2.77. The first kappa shape index (κ1) is 14.8. The maximum absolute atomic E-state index is 10.6. The summed E-state index contributed by atoms with van der Waals surface area (Å²) in [4.78, 5) is 10.6. The number of amides is 2. The number of allylic oxidation sites excluding steroid dienone is 1. The van der Waals surface area contributed by atoms with E-state index in [0.717, 1.165) is 6.42 Å². The predicted molar refractivity (Wildman–Crippen MR) is 67.6 cm³/mol. The van der Waals surface area contributed by atoms with E-state index in [1.165, 1.54) is 43.5 Å². The molecule has 0 aromatic carbocycles. The van der Waals surface area contributed by atoms with E-state index in [1.807, 2.05) is 6.08 Å². The number of nitrogens with one attached hydrogen (secondary N) is 1. The third-order valence-electron chi connectivity index (χ3n) is 2.44. The Labute approximate surface area is 98.8 Å². The number of unbranched alkanes of at least 4 members (excludes halogenated alkanes) is 6. The van der Waals surface area contributed by atoms with Gasteiger partial charge in [-0.3, -0.25) is 0 Å². The van der Waals surface area contributed by atoms with E-state index in [2.05, 4.69) is 12.3 Å². The van der Waals surface area contributed by atoms with Crippen LogP contribution in [-0.4, -0.2) is 18.1 Å². The molecule has 0 heterocycles. The summed E-state index contributed by atoms with van der Waals surface area (Å²) in [7, 11) is 1.59. The van der Waals surface area contributed by atoms with E-state index in [0.29, 0.717) is 0 Å². The van der Waals surface area contributed by atoms with Crippen LogP contribution in [0, 0.1) is 0 Å². The van der Waals surface area contributed by atoms with Gasteiger partial charge in [0.1, 0.15) is 0 Å². The molecule has 0 atom stereocenters. The quantitative estimate of drug-likeness (QED) is 0.470. The molecule has 0 aliphatic carbocycles. The Morgan fingerprint density at radius 1 is 1.25 bits per heavy atom. The van der Waals surface area contributed by atoms with Crippen molar-refractivity contribution < 1.29 is 4.79 Å². The van der Waals surface area contributed by atoms with Crippen molar-refractivity contribution in [3.8, 4) is 0 Å². The van der Waals surface area contributed by atoms with Crippen LogP contribution < -0.4 is 11.2 Å². The van der Waals surface area contributed by atoms with E-state index < -0.39 is 6.03 Å². The zero-order chi connectivity index (χ0) is 12.2. The fourth-order valence-electron chi connectivity index (χ4n) is 1.35. The van der Waals surface area contributed by atoms with Crippen LogP contribution in [0.5, 0.6) is 0 Å². The Morgan fingerprint density at radius 3 is 2.50 bits per heavy atom. The summed E-state index contributed by atoms with van der Waals surface area (Å²) in [5, 5.41) is 1.25. The van der Waals surface area contributed by atoms with Gasteiger partial charge in [0.25, 0.3) is 0 Å². The molecule has 3 N–H and O–H groups in total. The smallest absolute Gasteiger partial charge is 0.333 e. The zero-order valence-corrected chi connectivity index (χ0v) is 10.5. The summed E-state index contributed by atoms with van der Waals surface area (Å²) < 4.78 is 0. The average Bonchev–Trinajstić information content (AvgIpc) is 2.26. The molecular formula is C12H25N3O. The van der Waals surface area contributed by atoms with Gasteiger partial charge in [0, 0.05) is 13.2 Å². The van der Waals surface area contributed by atoms with Crippen LogP contribution in [0.1, 0.15) is 51.9 Å². The summed E-state index contributed by atoms with van der Waals surface area (Å²) in [6.45, 7) is 2.23. The summed E-state index contributed by atoms with van der Waals surface area (Å²) in [5.74, 6) is 0. The average molecular weight is 227 g/mol. The molecule has 0 aromatic heterocycles. The number of carbonyl (C=O) groups is 1. The van der Waals surface area contributed by atoms with Crippen molar-refractivity contribution in [2.45, 2.75) is 51.9 Å². The monoisotopic (exact) mass is 227 g/mol. The molecule has 16 heavy (non-hydrogen) atoms. The molecule has 0 bridgehead atoms. The minimum atomic E-state index is -0.482. The molecule has 94 valence electrons. The Kier molecular flexibility index (Phi) is 9.56. The summed E-state index contributed by atoms with van der Waals surface area (Å²) in [6.07, 6.45) is 12.7. The van der Waals surface area contributed by atoms with Gasteiger partial charge in [-0.2, -0.15) is 0 Å². The first-order chi connectivity index (χ1) is 7.68. The Balaban J connectivity index is 3.25. The van der Waals surface area contributed by atoms with Crippen molar-refractivity contribution in [3.05, 3.63) is 12.3 Å². The van der Waals surface area contributed by atoms with Crippen LogP contribution >= 0.6 is 0 Å². The highest BCUT2D eigenvalue weighted by molar-refractivity contribution is 5.71. The van der Waals surface area contributed by atoms with E-state index in [-0.39, 0.29) is 0 Å². The van der Waals surface area contributed by atoms with E-state index in [4.69, 9.17) is 5.73 Å². The molecule has 4 heteroatoms. The van der Waals surface area contributed by atoms with Crippen molar-refractivity contribution in [1.29, 1.82) is 0 Å². The second-order valence-corrected chi connectivity index (χ2v) is 3.99. The lowest BCUT2D eigenvalue weighted by atomic mass is 10.1. The van der Waals surface area contributed by atoms with Gasteiger partial charge in [0.2, 0.25) is 0 Å². The van der Waals surface area contributed by atoms with Crippen molar-refractivity contribution in [2.75, 3.05) is 7.05 Å². The van der Waals surface area contributed by atoms with Gasteiger partial charge in [-0.25, -0.2) is 9.80 Å². The SMILES string of the molecule is CCCCCCCC/C=C/NN(C)C(N)=O. The molecule has 0 rings (SSSR count). The second kappa shape index (κ2) is 10.3. The Hall–Kier alpha value is -1.19. The molecule has 0 unspecified atom stereocenters. The van der Waals surface area contributed by atoms with Gasteiger partial charge in [0.05, 0.1) is 0 Å². The van der Waals surface area contributed by atoms with Gasteiger partial charge >= 0.3 is 6.03 Å². The highest BCUT2D eigenvalue weighted by Gasteiger charge is 1.96. The van der Waals surface area contributed by atoms with Crippen LogP contribution in [0.3, 0.4) is 0 Å². The molecule has 0 aliphatic heterocycles. The number of urea groups is 1. The molecule has 0 saturated heterocycles. The lowest BCUT2D eigenvalue weighted by Crippen LogP contribution is -2.39. The van der Waals surface area contributed by atoms with Crippen LogP contribution in [-0.2, 0) is 0 Å². The fraction of sp³-hybridized carbons (Fsp3) is 0.750. The second-order valence-electron chi connectivity index (χ2n) is 3.99. The summed E-state index contributed by atoms with van der Waals surface area (Å²) in [5.41, 5.74) is 7.81.